The Morgan fingerprint density at radius 2 is 1.36 bits per heavy atom. The topological polar surface area (TPSA) is 0 Å². The van der Waals surface area contributed by atoms with E-state index >= 15 is 0 Å². The van der Waals surface area contributed by atoms with E-state index in [-0.39, 0.29) is 0 Å². The van der Waals surface area contributed by atoms with Crippen molar-refractivity contribution in [2.75, 3.05) is 0 Å². The standard InChI is InChI=1S/C14H30/c1-6-10-13(5)14(9-4,11-7-2)12-8-3/h13H,6-12H2,1-5H3. The Morgan fingerprint density at radius 3 is 1.64 bits per heavy atom. The third-order valence-corrected chi connectivity index (χ3v) is 3.97. The summed E-state index contributed by atoms with van der Waals surface area (Å²) in [6.07, 6.45) is 9.68. The Kier molecular flexibility index (Phi) is 7.31. The summed E-state index contributed by atoms with van der Waals surface area (Å²) in [5.41, 5.74) is 0.652. The van der Waals surface area contributed by atoms with Crippen LogP contribution in [0.4, 0.5) is 0 Å². The van der Waals surface area contributed by atoms with Gasteiger partial charge < -0.3 is 0 Å². The third kappa shape index (κ3) is 3.63. The van der Waals surface area contributed by atoms with Crippen LogP contribution in [0.15, 0.2) is 0 Å². The zero-order chi connectivity index (χ0) is 11.0. The molecule has 0 N–H and O–H groups in total. The summed E-state index contributed by atoms with van der Waals surface area (Å²) in [4.78, 5) is 0. The average Bonchev–Trinajstić information content (AvgIpc) is 2.17. The van der Waals surface area contributed by atoms with E-state index in [0.29, 0.717) is 5.41 Å². The fourth-order valence-electron chi connectivity index (χ4n) is 3.05. The summed E-state index contributed by atoms with van der Waals surface area (Å²) < 4.78 is 0. The van der Waals surface area contributed by atoms with Crippen molar-refractivity contribution < 1.29 is 0 Å². The quantitative estimate of drug-likeness (QED) is 0.488. The normalized spacial score (nSPS) is 14.4. The second kappa shape index (κ2) is 7.31. The predicted octanol–water partition coefficient (Wildman–Crippen LogP) is 5.42. The van der Waals surface area contributed by atoms with Crippen molar-refractivity contribution in [2.45, 2.75) is 79.6 Å². The first-order chi connectivity index (χ1) is 6.66. The Hall–Kier alpha value is 0. The van der Waals surface area contributed by atoms with E-state index in [9.17, 15) is 0 Å². The number of hydrogen-bond acceptors (Lipinski definition) is 0. The highest BCUT2D eigenvalue weighted by atomic mass is 14.4. The van der Waals surface area contributed by atoms with E-state index < -0.39 is 0 Å². The van der Waals surface area contributed by atoms with Crippen LogP contribution in [0.25, 0.3) is 0 Å². The first kappa shape index (κ1) is 14.0. The lowest BCUT2D eigenvalue weighted by atomic mass is 9.67. The molecule has 0 saturated heterocycles. The molecule has 0 aromatic carbocycles. The lowest BCUT2D eigenvalue weighted by Gasteiger charge is -2.39. The molecular formula is C14H30. The third-order valence-electron chi connectivity index (χ3n) is 3.97. The second-order valence-electron chi connectivity index (χ2n) is 4.91. The van der Waals surface area contributed by atoms with Crippen molar-refractivity contribution in [3.05, 3.63) is 0 Å². The Morgan fingerprint density at radius 1 is 0.857 bits per heavy atom. The monoisotopic (exact) mass is 198 g/mol. The molecular weight excluding hydrogens is 168 g/mol. The van der Waals surface area contributed by atoms with Crippen LogP contribution in [0, 0.1) is 11.3 Å². The van der Waals surface area contributed by atoms with Crippen LogP contribution >= 0.6 is 0 Å². The van der Waals surface area contributed by atoms with Crippen LogP contribution in [0.5, 0.6) is 0 Å². The van der Waals surface area contributed by atoms with Crippen LogP contribution in [0.2, 0.25) is 0 Å². The van der Waals surface area contributed by atoms with Crippen LogP contribution in [-0.4, -0.2) is 0 Å². The molecule has 0 heteroatoms. The second-order valence-corrected chi connectivity index (χ2v) is 4.91. The van der Waals surface area contributed by atoms with Crippen molar-refractivity contribution >= 4 is 0 Å². The maximum Gasteiger partial charge on any atom is -0.0275 e. The molecule has 0 aromatic rings. The average molecular weight is 198 g/mol. The minimum atomic E-state index is 0.652. The largest absolute Gasteiger partial charge is 0.0654 e. The zero-order valence-electron chi connectivity index (χ0n) is 11.0. The first-order valence-corrected chi connectivity index (χ1v) is 6.66. The molecule has 14 heavy (non-hydrogen) atoms. The number of rotatable bonds is 8. The molecule has 1 unspecified atom stereocenters. The summed E-state index contributed by atoms with van der Waals surface area (Å²) in [5.74, 6) is 0.914. The molecule has 0 heterocycles. The molecule has 0 fully saturated rings. The van der Waals surface area contributed by atoms with Gasteiger partial charge in [-0.05, 0) is 24.2 Å². The Bertz CT molecular complexity index is 120. The fourth-order valence-corrected chi connectivity index (χ4v) is 3.05. The van der Waals surface area contributed by atoms with E-state index in [4.69, 9.17) is 0 Å². The Labute approximate surface area is 91.5 Å². The highest BCUT2D eigenvalue weighted by Gasteiger charge is 2.31. The molecule has 0 aromatic heterocycles. The van der Waals surface area contributed by atoms with Gasteiger partial charge in [0.05, 0.1) is 0 Å². The molecule has 0 saturated carbocycles. The predicted molar refractivity (Wildman–Crippen MR) is 66.6 cm³/mol. The van der Waals surface area contributed by atoms with Gasteiger partial charge in [-0.15, -0.1) is 0 Å². The minimum absolute atomic E-state index is 0.652. The fraction of sp³-hybridized carbons (Fsp3) is 1.00. The van der Waals surface area contributed by atoms with Gasteiger partial charge in [0.1, 0.15) is 0 Å². The van der Waals surface area contributed by atoms with E-state index in [0.717, 1.165) is 5.92 Å². The molecule has 0 radical (unpaired) electrons. The molecule has 0 nitrogen and oxygen atoms in total. The van der Waals surface area contributed by atoms with Gasteiger partial charge in [-0.3, -0.25) is 0 Å². The van der Waals surface area contributed by atoms with Crippen molar-refractivity contribution in [2.24, 2.45) is 11.3 Å². The molecule has 0 aliphatic carbocycles. The van der Waals surface area contributed by atoms with E-state index in [1.165, 1.54) is 44.9 Å². The lowest BCUT2D eigenvalue weighted by Crippen LogP contribution is -2.28. The molecule has 0 aliphatic heterocycles. The van der Waals surface area contributed by atoms with Crippen molar-refractivity contribution in [3.63, 3.8) is 0 Å². The smallest absolute Gasteiger partial charge is 0.0275 e. The van der Waals surface area contributed by atoms with Gasteiger partial charge in [0.2, 0.25) is 0 Å². The highest BCUT2D eigenvalue weighted by molar-refractivity contribution is 4.82. The SMILES string of the molecule is CCCC(C)C(CC)(CCC)CCC. The maximum absolute atomic E-state index is 2.47. The van der Waals surface area contributed by atoms with Crippen LogP contribution in [-0.2, 0) is 0 Å². The van der Waals surface area contributed by atoms with Gasteiger partial charge in [0.25, 0.3) is 0 Å². The van der Waals surface area contributed by atoms with Crippen molar-refractivity contribution in [1.29, 1.82) is 0 Å². The summed E-state index contributed by atoms with van der Waals surface area (Å²) >= 11 is 0. The summed E-state index contributed by atoms with van der Waals surface area (Å²) in [5, 5.41) is 0. The lowest BCUT2D eigenvalue weighted by molar-refractivity contribution is 0.122. The maximum atomic E-state index is 2.47. The zero-order valence-corrected chi connectivity index (χ0v) is 11.0. The minimum Gasteiger partial charge on any atom is -0.0654 e. The molecule has 1 atom stereocenters. The van der Waals surface area contributed by atoms with Crippen LogP contribution < -0.4 is 0 Å². The van der Waals surface area contributed by atoms with Gasteiger partial charge in [0, 0.05) is 0 Å². The highest BCUT2D eigenvalue weighted by Crippen LogP contribution is 2.42. The van der Waals surface area contributed by atoms with Gasteiger partial charge in [-0.2, -0.15) is 0 Å². The summed E-state index contributed by atoms with van der Waals surface area (Å²) in [6, 6.07) is 0. The van der Waals surface area contributed by atoms with Crippen LogP contribution in [0.3, 0.4) is 0 Å². The van der Waals surface area contributed by atoms with Gasteiger partial charge in [-0.25, -0.2) is 0 Å². The van der Waals surface area contributed by atoms with E-state index in [2.05, 4.69) is 34.6 Å². The van der Waals surface area contributed by atoms with E-state index in [1.54, 1.807) is 0 Å². The molecule has 0 bridgehead atoms. The van der Waals surface area contributed by atoms with Gasteiger partial charge in [-0.1, -0.05) is 66.7 Å². The number of hydrogen-bond donors (Lipinski definition) is 0. The van der Waals surface area contributed by atoms with Crippen molar-refractivity contribution in [3.8, 4) is 0 Å². The molecule has 0 aliphatic rings. The Balaban J connectivity index is 4.45. The molecule has 0 spiro atoms. The van der Waals surface area contributed by atoms with Crippen LogP contribution in [0.1, 0.15) is 79.6 Å². The van der Waals surface area contributed by atoms with Crippen molar-refractivity contribution in [1.82, 2.24) is 0 Å². The summed E-state index contributed by atoms with van der Waals surface area (Å²) in [6.45, 7) is 11.8. The summed E-state index contributed by atoms with van der Waals surface area (Å²) in [7, 11) is 0. The molecule has 86 valence electrons. The first-order valence-electron chi connectivity index (χ1n) is 6.66. The van der Waals surface area contributed by atoms with Gasteiger partial charge in [0.15, 0.2) is 0 Å². The van der Waals surface area contributed by atoms with Gasteiger partial charge >= 0.3 is 0 Å². The molecule has 0 amide bonds. The molecule has 0 rings (SSSR count). The van der Waals surface area contributed by atoms with E-state index in [1.807, 2.05) is 0 Å².